The molecule has 6 heteroatoms. The van der Waals surface area contributed by atoms with E-state index in [1.54, 1.807) is 6.33 Å². The van der Waals surface area contributed by atoms with Crippen molar-refractivity contribution in [2.45, 2.75) is 38.5 Å². The van der Waals surface area contributed by atoms with Crippen LogP contribution in [0.3, 0.4) is 0 Å². The molecule has 1 aromatic heterocycles. The third kappa shape index (κ3) is 2.83. The fourth-order valence-electron chi connectivity index (χ4n) is 2.04. The lowest BCUT2D eigenvalue weighted by molar-refractivity contribution is -0.132. The first-order valence-electron chi connectivity index (χ1n) is 6.08. The molecule has 0 aliphatic carbocycles. The van der Waals surface area contributed by atoms with E-state index in [1.165, 1.54) is 0 Å². The molecule has 0 aromatic carbocycles. The topological polar surface area (TPSA) is 75.2 Å². The second-order valence-electron chi connectivity index (χ2n) is 4.32. The fraction of sp³-hybridized carbons (Fsp3) is 0.818. The van der Waals surface area contributed by atoms with Crippen molar-refractivity contribution >= 4 is 0 Å². The Kier molecular flexibility index (Phi) is 4.09. The van der Waals surface area contributed by atoms with E-state index in [4.69, 9.17) is 15.2 Å². The SMILES string of the molecule is CCn1ncnc1COC1(CN)CCCOC1. The first-order valence-corrected chi connectivity index (χ1v) is 6.08. The number of rotatable bonds is 5. The lowest BCUT2D eigenvalue weighted by atomic mass is 9.97. The average molecular weight is 240 g/mol. The first-order chi connectivity index (χ1) is 8.29. The molecule has 0 radical (unpaired) electrons. The third-order valence-corrected chi connectivity index (χ3v) is 3.16. The molecule has 1 fully saturated rings. The summed E-state index contributed by atoms with van der Waals surface area (Å²) in [7, 11) is 0. The van der Waals surface area contributed by atoms with Crippen molar-refractivity contribution < 1.29 is 9.47 Å². The van der Waals surface area contributed by atoms with Gasteiger partial charge >= 0.3 is 0 Å². The molecule has 2 heterocycles. The lowest BCUT2D eigenvalue weighted by Crippen LogP contribution is -2.47. The Balaban J connectivity index is 1.95. The van der Waals surface area contributed by atoms with E-state index < -0.39 is 0 Å². The highest BCUT2D eigenvalue weighted by molar-refractivity contribution is 4.88. The zero-order chi connectivity index (χ0) is 12.1. The van der Waals surface area contributed by atoms with Crippen LogP contribution in [0.5, 0.6) is 0 Å². The van der Waals surface area contributed by atoms with Crippen molar-refractivity contribution in [2.75, 3.05) is 19.8 Å². The van der Waals surface area contributed by atoms with Gasteiger partial charge in [0.25, 0.3) is 0 Å². The van der Waals surface area contributed by atoms with Gasteiger partial charge in [0.05, 0.1) is 6.61 Å². The fourth-order valence-corrected chi connectivity index (χ4v) is 2.04. The average Bonchev–Trinajstić information content (AvgIpc) is 2.85. The van der Waals surface area contributed by atoms with Crippen LogP contribution in [0.15, 0.2) is 6.33 Å². The van der Waals surface area contributed by atoms with Gasteiger partial charge in [0.2, 0.25) is 0 Å². The molecule has 0 amide bonds. The Hall–Kier alpha value is -0.980. The molecule has 1 aromatic rings. The van der Waals surface area contributed by atoms with E-state index in [0.29, 0.717) is 19.8 Å². The summed E-state index contributed by atoms with van der Waals surface area (Å²) in [6.45, 7) is 5.12. The van der Waals surface area contributed by atoms with Crippen molar-refractivity contribution in [2.24, 2.45) is 5.73 Å². The number of hydrogen-bond acceptors (Lipinski definition) is 5. The van der Waals surface area contributed by atoms with E-state index in [1.807, 2.05) is 11.6 Å². The number of nitrogens with two attached hydrogens (primary N) is 1. The predicted octanol–water partition coefficient (Wildman–Crippen LogP) is 0.322. The normalized spacial score (nSPS) is 25.1. The molecule has 17 heavy (non-hydrogen) atoms. The molecule has 1 unspecified atom stereocenters. The lowest BCUT2D eigenvalue weighted by Gasteiger charge is -2.35. The van der Waals surface area contributed by atoms with Gasteiger partial charge in [-0.3, -0.25) is 0 Å². The summed E-state index contributed by atoms with van der Waals surface area (Å²) in [4.78, 5) is 4.18. The maximum Gasteiger partial charge on any atom is 0.152 e. The van der Waals surface area contributed by atoms with Crippen molar-refractivity contribution in [3.05, 3.63) is 12.2 Å². The molecule has 1 saturated heterocycles. The summed E-state index contributed by atoms with van der Waals surface area (Å²) < 4.78 is 13.2. The minimum Gasteiger partial charge on any atom is -0.378 e. The Labute approximate surface area is 101 Å². The number of hydrogen-bond donors (Lipinski definition) is 1. The Bertz CT molecular complexity index is 347. The van der Waals surface area contributed by atoms with Crippen LogP contribution in [-0.4, -0.2) is 40.1 Å². The molecule has 1 aliphatic heterocycles. The van der Waals surface area contributed by atoms with Crippen LogP contribution in [-0.2, 0) is 22.6 Å². The van der Waals surface area contributed by atoms with E-state index in [2.05, 4.69) is 10.1 Å². The summed E-state index contributed by atoms with van der Waals surface area (Å²) in [5.41, 5.74) is 5.46. The van der Waals surface area contributed by atoms with Gasteiger partial charge in [0.15, 0.2) is 5.82 Å². The summed E-state index contributed by atoms with van der Waals surface area (Å²) in [5.74, 6) is 0.839. The standard InChI is InChI=1S/C11H20N4O2/c1-2-15-10(13-9-14-15)6-17-11(7-12)4-3-5-16-8-11/h9H,2-8,12H2,1H3. The van der Waals surface area contributed by atoms with Gasteiger partial charge in [0, 0.05) is 19.7 Å². The minimum absolute atomic E-state index is 0.344. The molecule has 0 spiro atoms. The molecule has 96 valence electrons. The van der Waals surface area contributed by atoms with Crippen LogP contribution in [0, 0.1) is 0 Å². The van der Waals surface area contributed by atoms with Gasteiger partial charge < -0.3 is 15.2 Å². The number of nitrogens with zero attached hydrogens (tertiary/aromatic N) is 3. The molecule has 6 nitrogen and oxygen atoms in total. The first kappa shape index (κ1) is 12.5. The molecule has 2 rings (SSSR count). The van der Waals surface area contributed by atoms with Crippen molar-refractivity contribution in [3.63, 3.8) is 0 Å². The second kappa shape index (κ2) is 5.57. The second-order valence-corrected chi connectivity index (χ2v) is 4.32. The van der Waals surface area contributed by atoms with E-state index in [-0.39, 0.29) is 5.60 Å². The van der Waals surface area contributed by atoms with Crippen LogP contribution >= 0.6 is 0 Å². The quantitative estimate of drug-likeness (QED) is 0.802. The van der Waals surface area contributed by atoms with Crippen molar-refractivity contribution in [1.29, 1.82) is 0 Å². The third-order valence-electron chi connectivity index (χ3n) is 3.16. The predicted molar refractivity (Wildman–Crippen MR) is 62.3 cm³/mol. The maximum absolute atomic E-state index is 5.93. The summed E-state index contributed by atoms with van der Waals surface area (Å²) in [5, 5.41) is 4.11. The summed E-state index contributed by atoms with van der Waals surface area (Å²) >= 11 is 0. The van der Waals surface area contributed by atoms with E-state index in [9.17, 15) is 0 Å². The molecular formula is C11H20N4O2. The molecule has 0 saturated carbocycles. The molecule has 1 aliphatic rings. The Morgan fingerprint density at radius 2 is 2.53 bits per heavy atom. The van der Waals surface area contributed by atoms with Crippen molar-refractivity contribution in [3.8, 4) is 0 Å². The van der Waals surface area contributed by atoms with Crippen LogP contribution in [0.25, 0.3) is 0 Å². The van der Waals surface area contributed by atoms with Crippen LogP contribution in [0.2, 0.25) is 0 Å². The highest BCUT2D eigenvalue weighted by Crippen LogP contribution is 2.23. The summed E-state index contributed by atoms with van der Waals surface area (Å²) in [6, 6.07) is 0. The monoisotopic (exact) mass is 240 g/mol. The smallest absolute Gasteiger partial charge is 0.152 e. The van der Waals surface area contributed by atoms with E-state index >= 15 is 0 Å². The maximum atomic E-state index is 5.93. The molecule has 1 atom stereocenters. The van der Waals surface area contributed by atoms with Gasteiger partial charge in [-0.05, 0) is 19.8 Å². The zero-order valence-corrected chi connectivity index (χ0v) is 10.3. The molecule has 2 N–H and O–H groups in total. The largest absolute Gasteiger partial charge is 0.378 e. The highest BCUT2D eigenvalue weighted by Gasteiger charge is 2.32. The summed E-state index contributed by atoms with van der Waals surface area (Å²) in [6.07, 6.45) is 3.50. The minimum atomic E-state index is -0.344. The van der Waals surface area contributed by atoms with Crippen LogP contribution in [0.4, 0.5) is 0 Å². The number of aromatic nitrogens is 3. The van der Waals surface area contributed by atoms with Gasteiger partial charge in [-0.2, -0.15) is 5.10 Å². The van der Waals surface area contributed by atoms with Gasteiger partial charge in [-0.1, -0.05) is 0 Å². The number of ether oxygens (including phenoxy) is 2. The van der Waals surface area contributed by atoms with Crippen LogP contribution < -0.4 is 5.73 Å². The molecule has 0 bridgehead atoms. The highest BCUT2D eigenvalue weighted by atomic mass is 16.5. The van der Waals surface area contributed by atoms with Gasteiger partial charge in [-0.15, -0.1) is 0 Å². The zero-order valence-electron chi connectivity index (χ0n) is 10.3. The van der Waals surface area contributed by atoms with Gasteiger partial charge in [0.1, 0.15) is 18.5 Å². The van der Waals surface area contributed by atoms with E-state index in [0.717, 1.165) is 31.8 Å². The molecular weight excluding hydrogens is 220 g/mol. The van der Waals surface area contributed by atoms with Gasteiger partial charge in [-0.25, -0.2) is 9.67 Å². The van der Waals surface area contributed by atoms with Crippen LogP contribution in [0.1, 0.15) is 25.6 Å². The number of aryl methyl sites for hydroxylation is 1. The van der Waals surface area contributed by atoms with Crippen molar-refractivity contribution in [1.82, 2.24) is 14.8 Å². The Morgan fingerprint density at radius 1 is 1.65 bits per heavy atom. The Morgan fingerprint density at radius 3 is 3.18 bits per heavy atom.